The predicted molar refractivity (Wildman–Crippen MR) is 63.6 cm³/mol. The third-order valence-corrected chi connectivity index (χ3v) is 2.96. The lowest BCUT2D eigenvalue weighted by Gasteiger charge is -2.14. The summed E-state index contributed by atoms with van der Waals surface area (Å²) in [5.41, 5.74) is 2.77. The molecule has 0 aliphatic heterocycles. The second-order valence-corrected chi connectivity index (χ2v) is 4.13. The van der Waals surface area contributed by atoms with Crippen LogP contribution >= 0.6 is 0 Å². The van der Waals surface area contributed by atoms with Crippen LogP contribution in [0.5, 0.6) is 0 Å². The van der Waals surface area contributed by atoms with Gasteiger partial charge >= 0.3 is 0 Å². The molecule has 2 aromatic rings. The number of aliphatic hydroxyl groups is 1. The van der Waals surface area contributed by atoms with Crippen LogP contribution in [0.4, 0.5) is 4.39 Å². The molecule has 0 aliphatic rings. The SMILES string of the molecule is Cc1ncn(-c2cccc(F)c2[C@@H](C)O)c1C. The smallest absolute Gasteiger partial charge is 0.131 e. The molecule has 2 rings (SSSR count). The van der Waals surface area contributed by atoms with Crippen LogP contribution in [0.1, 0.15) is 30.0 Å². The third-order valence-electron chi connectivity index (χ3n) is 2.96. The minimum atomic E-state index is -0.853. The number of aliphatic hydroxyl groups excluding tert-OH is 1. The van der Waals surface area contributed by atoms with Gasteiger partial charge in [-0.05, 0) is 32.9 Å². The molecular formula is C13H15FN2O. The molecule has 90 valence electrons. The zero-order valence-electron chi connectivity index (χ0n) is 10.1. The van der Waals surface area contributed by atoms with Crippen LogP contribution in [0.25, 0.3) is 5.69 Å². The molecule has 0 spiro atoms. The van der Waals surface area contributed by atoms with Gasteiger partial charge in [-0.15, -0.1) is 0 Å². The molecule has 0 saturated heterocycles. The van der Waals surface area contributed by atoms with E-state index in [1.807, 2.05) is 13.8 Å². The molecule has 1 aromatic heterocycles. The quantitative estimate of drug-likeness (QED) is 0.867. The van der Waals surface area contributed by atoms with Gasteiger partial charge < -0.3 is 9.67 Å². The lowest BCUT2D eigenvalue weighted by Crippen LogP contribution is -2.06. The van der Waals surface area contributed by atoms with Crippen LogP contribution in [-0.4, -0.2) is 14.7 Å². The first-order chi connectivity index (χ1) is 8.02. The molecule has 0 amide bonds. The summed E-state index contributed by atoms with van der Waals surface area (Å²) in [5.74, 6) is -0.400. The van der Waals surface area contributed by atoms with E-state index in [4.69, 9.17) is 0 Å². The number of rotatable bonds is 2. The standard InChI is InChI=1S/C13H15FN2O/c1-8-9(2)16(7-15-8)12-6-4-5-11(14)13(12)10(3)17/h4-7,10,17H,1-3H3/t10-/m1/s1. The Hall–Kier alpha value is -1.68. The molecular weight excluding hydrogens is 219 g/mol. The molecule has 0 fully saturated rings. The molecule has 1 aromatic carbocycles. The second kappa shape index (κ2) is 4.30. The summed E-state index contributed by atoms with van der Waals surface area (Å²) in [7, 11) is 0. The van der Waals surface area contributed by atoms with Crippen LogP contribution in [-0.2, 0) is 0 Å². The highest BCUT2D eigenvalue weighted by Gasteiger charge is 2.16. The molecule has 0 aliphatic carbocycles. The molecule has 1 heterocycles. The number of aryl methyl sites for hydroxylation is 1. The normalized spacial score (nSPS) is 12.8. The summed E-state index contributed by atoms with van der Waals surface area (Å²) >= 11 is 0. The monoisotopic (exact) mass is 234 g/mol. The van der Waals surface area contributed by atoms with Crippen LogP contribution in [0.2, 0.25) is 0 Å². The summed E-state index contributed by atoms with van der Waals surface area (Å²) in [6.07, 6.45) is 0.791. The number of hydrogen-bond acceptors (Lipinski definition) is 2. The van der Waals surface area contributed by atoms with Crippen LogP contribution in [0.15, 0.2) is 24.5 Å². The number of halogens is 1. The highest BCUT2D eigenvalue weighted by atomic mass is 19.1. The molecule has 0 bridgehead atoms. The zero-order chi connectivity index (χ0) is 12.6. The first-order valence-electron chi connectivity index (χ1n) is 5.49. The van der Waals surface area contributed by atoms with E-state index in [0.717, 1.165) is 11.4 Å². The number of benzene rings is 1. The van der Waals surface area contributed by atoms with E-state index in [0.29, 0.717) is 11.3 Å². The molecule has 3 nitrogen and oxygen atoms in total. The molecule has 1 atom stereocenters. The summed E-state index contributed by atoms with van der Waals surface area (Å²) in [5, 5.41) is 9.67. The van der Waals surface area contributed by atoms with Crippen molar-refractivity contribution >= 4 is 0 Å². The van der Waals surface area contributed by atoms with Crippen LogP contribution in [0.3, 0.4) is 0 Å². The Balaban J connectivity index is 2.67. The van der Waals surface area contributed by atoms with E-state index in [2.05, 4.69) is 4.98 Å². The molecule has 0 saturated carbocycles. The van der Waals surface area contributed by atoms with Gasteiger partial charge in [-0.2, -0.15) is 0 Å². The van der Waals surface area contributed by atoms with Crippen molar-refractivity contribution in [2.75, 3.05) is 0 Å². The Kier molecular flexibility index (Phi) is 2.98. The predicted octanol–water partition coefficient (Wildman–Crippen LogP) is 2.68. The van der Waals surface area contributed by atoms with Gasteiger partial charge in [0, 0.05) is 11.3 Å². The van der Waals surface area contributed by atoms with Crippen molar-refractivity contribution in [1.82, 2.24) is 9.55 Å². The first kappa shape index (κ1) is 11.8. The van der Waals surface area contributed by atoms with Gasteiger partial charge in [-0.3, -0.25) is 0 Å². The Labute approximate surface area is 99.5 Å². The average Bonchev–Trinajstić information content (AvgIpc) is 2.59. The zero-order valence-corrected chi connectivity index (χ0v) is 10.1. The van der Waals surface area contributed by atoms with Crippen LogP contribution < -0.4 is 0 Å². The van der Waals surface area contributed by atoms with E-state index < -0.39 is 11.9 Å². The van der Waals surface area contributed by atoms with E-state index in [1.165, 1.54) is 6.07 Å². The average molecular weight is 234 g/mol. The van der Waals surface area contributed by atoms with Crippen molar-refractivity contribution in [3.05, 3.63) is 47.3 Å². The highest BCUT2D eigenvalue weighted by molar-refractivity contribution is 5.44. The number of aromatic nitrogens is 2. The molecule has 0 radical (unpaired) electrons. The molecule has 0 unspecified atom stereocenters. The van der Waals surface area contributed by atoms with Crippen molar-refractivity contribution in [3.8, 4) is 5.69 Å². The maximum atomic E-state index is 13.7. The van der Waals surface area contributed by atoms with Gasteiger partial charge in [0.15, 0.2) is 0 Å². The summed E-state index contributed by atoms with van der Waals surface area (Å²) in [6, 6.07) is 4.76. The summed E-state index contributed by atoms with van der Waals surface area (Å²) < 4.78 is 15.5. The van der Waals surface area contributed by atoms with Crippen molar-refractivity contribution in [3.63, 3.8) is 0 Å². The number of nitrogens with zero attached hydrogens (tertiary/aromatic N) is 2. The van der Waals surface area contributed by atoms with Gasteiger partial charge in [0.1, 0.15) is 5.82 Å². The third kappa shape index (κ3) is 1.96. The Morgan fingerprint density at radius 1 is 1.35 bits per heavy atom. The van der Waals surface area contributed by atoms with Crippen molar-refractivity contribution in [2.45, 2.75) is 26.9 Å². The van der Waals surface area contributed by atoms with Gasteiger partial charge in [-0.25, -0.2) is 9.37 Å². The molecule has 17 heavy (non-hydrogen) atoms. The summed E-state index contributed by atoms with van der Waals surface area (Å²) in [4.78, 5) is 4.18. The van der Waals surface area contributed by atoms with Gasteiger partial charge in [0.05, 0.1) is 23.8 Å². The minimum absolute atomic E-state index is 0.299. The second-order valence-electron chi connectivity index (χ2n) is 4.13. The topological polar surface area (TPSA) is 38.0 Å². The Bertz CT molecular complexity index is 546. The fourth-order valence-corrected chi connectivity index (χ4v) is 1.89. The maximum Gasteiger partial charge on any atom is 0.131 e. The van der Waals surface area contributed by atoms with Gasteiger partial charge in [-0.1, -0.05) is 6.07 Å². The number of imidazole rings is 1. The van der Waals surface area contributed by atoms with Gasteiger partial charge in [0.2, 0.25) is 0 Å². The van der Waals surface area contributed by atoms with E-state index >= 15 is 0 Å². The fourth-order valence-electron chi connectivity index (χ4n) is 1.89. The largest absolute Gasteiger partial charge is 0.389 e. The van der Waals surface area contributed by atoms with Crippen molar-refractivity contribution in [1.29, 1.82) is 0 Å². The maximum absolute atomic E-state index is 13.7. The fraction of sp³-hybridized carbons (Fsp3) is 0.308. The lowest BCUT2D eigenvalue weighted by atomic mass is 10.1. The minimum Gasteiger partial charge on any atom is -0.389 e. The van der Waals surface area contributed by atoms with E-state index in [1.54, 1.807) is 30.0 Å². The molecule has 1 N–H and O–H groups in total. The molecule has 4 heteroatoms. The Morgan fingerprint density at radius 2 is 2.06 bits per heavy atom. The number of hydrogen-bond donors (Lipinski definition) is 1. The van der Waals surface area contributed by atoms with E-state index in [-0.39, 0.29) is 0 Å². The van der Waals surface area contributed by atoms with Crippen molar-refractivity contribution < 1.29 is 9.50 Å². The van der Waals surface area contributed by atoms with E-state index in [9.17, 15) is 9.50 Å². The van der Waals surface area contributed by atoms with Crippen LogP contribution in [0, 0.1) is 19.7 Å². The summed E-state index contributed by atoms with van der Waals surface area (Å²) in [6.45, 7) is 5.37. The van der Waals surface area contributed by atoms with Gasteiger partial charge in [0.25, 0.3) is 0 Å². The highest BCUT2D eigenvalue weighted by Crippen LogP contribution is 2.26. The Morgan fingerprint density at radius 3 is 2.59 bits per heavy atom. The van der Waals surface area contributed by atoms with Crippen molar-refractivity contribution in [2.24, 2.45) is 0 Å². The first-order valence-corrected chi connectivity index (χ1v) is 5.49. The lowest BCUT2D eigenvalue weighted by molar-refractivity contribution is 0.194.